The lowest BCUT2D eigenvalue weighted by Crippen LogP contribution is -2.32. The van der Waals surface area contributed by atoms with E-state index in [1.165, 1.54) is 12.8 Å². The Labute approximate surface area is 122 Å². The Morgan fingerprint density at radius 3 is 2.76 bits per heavy atom. The van der Waals surface area contributed by atoms with Crippen molar-refractivity contribution in [3.05, 3.63) is 28.3 Å². The Balaban J connectivity index is 1.98. The topological polar surface area (TPSA) is 83.0 Å². The minimum atomic E-state index is -0.331. The van der Waals surface area contributed by atoms with Crippen LogP contribution in [0.15, 0.2) is 16.9 Å². The van der Waals surface area contributed by atoms with Crippen molar-refractivity contribution >= 4 is 16.9 Å². The van der Waals surface area contributed by atoms with E-state index >= 15 is 0 Å². The molecule has 0 bridgehead atoms. The molecule has 2 aliphatic rings. The molecule has 2 aromatic rings. The van der Waals surface area contributed by atoms with Crippen molar-refractivity contribution in [3.8, 4) is 0 Å². The number of aromatic nitrogens is 3. The zero-order valence-corrected chi connectivity index (χ0v) is 12.0. The number of nitrogens with zero attached hydrogens (tertiary/aromatic N) is 3. The van der Waals surface area contributed by atoms with Crippen molar-refractivity contribution in [2.45, 2.75) is 44.2 Å². The molecule has 2 fully saturated rings. The lowest BCUT2D eigenvalue weighted by atomic mass is 10.1. The van der Waals surface area contributed by atoms with E-state index in [4.69, 9.17) is 15.5 Å². The summed E-state index contributed by atoms with van der Waals surface area (Å²) in [5, 5.41) is 0.748. The summed E-state index contributed by atoms with van der Waals surface area (Å²) in [5.74, 6) is 0.789. The van der Waals surface area contributed by atoms with Crippen LogP contribution >= 0.6 is 0 Å². The third-order valence-electron chi connectivity index (χ3n) is 4.49. The summed E-state index contributed by atoms with van der Waals surface area (Å²) >= 11 is 0. The smallest absolute Gasteiger partial charge is 0.351 e. The van der Waals surface area contributed by atoms with Crippen molar-refractivity contribution in [1.82, 2.24) is 14.5 Å². The summed E-state index contributed by atoms with van der Waals surface area (Å²) in [6.45, 7) is 2.64. The molecule has 1 aliphatic heterocycles. The van der Waals surface area contributed by atoms with Crippen LogP contribution in [0.3, 0.4) is 0 Å². The van der Waals surface area contributed by atoms with Gasteiger partial charge in [0, 0.05) is 18.2 Å². The van der Waals surface area contributed by atoms with Gasteiger partial charge in [-0.3, -0.25) is 4.57 Å². The van der Waals surface area contributed by atoms with Gasteiger partial charge in [0.1, 0.15) is 11.5 Å². The van der Waals surface area contributed by atoms with E-state index in [1.54, 1.807) is 4.57 Å². The van der Waals surface area contributed by atoms with Crippen LogP contribution in [-0.4, -0.2) is 27.2 Å². The average molecular weight is 286 g/mol. The summed E-state index contributed by atoms with van der Waals surface area (Å²) in [6.07, 6.45) is 3.14. The maximum atomic E-state index is 12.4. The van der Waals surface area contributed by atoms with Gasteiger partial charge in [-0.05, 0) is 38.3 Å². The quantitative estimate of drug-likeness (QED) is 0.906. The van der Waals surface area contributed by atoms with E-state index in [0.717, 1.165) is 17.5 Å². The van der Waals surface area contributed by atoms with Crippen molar-refractivity contribution in [1.29, 1.82) is 0 Å². The molecule has 6 heteroatoms. The van der Waals surface area contributed by atoms with Gasteiger partial charge in [-0.2, -0.15) is 4.98 Å². The van der Waals surface area contributed by atoms with Crippen molar-refractivity contribution in [2.24, 2.45) is 0 Å². The van der Waals surface area contributed by atoms with E-state index < -0.39 is 0 Å². The molecular weight excluding hydrogens is 268 g/mol. The second kappa shape index (κ2) is 4.53. The average Bonchev–Trinajstić information content (AvgIpc) is 3.23. The largest absolute Gasteiger partial charge is 0.383 e. The normalized spacial score (nSPS) is 25.6. The highest BCUT2D eigenvalue weighted by Crippen LogP contribution is 2.40. The molecule has 0 spiro atoms. The molecule has 0 unspecified atom stereocenters. The molecule has 1 saturated carbocycles. The third kappa shape index (κ3) is 2.01. The van der Waals surface area contributed by atoms with Gasteiger partial charge < -0.3 is 10.5 Å². The summed E-state index contributed by atoms with van der Waals surface area (Å²) in [6, 6.07) is 3.92. The van der Waals surface area contributed by atoms with Crippen molar-refractivity contribution < 1.29 is 4.74 Å². The molecule has 21 heavy (non-hydrogen) atoms. The Morgan fingerprint density at radius 1 is 1.29 bits per heavy atom. The maximum Gasteiger partial charge on any atom is 0.351 e. The molecule has 0 aromatic carbocycles. The number of fused-ring (bicyclic) bond motifs is 1. The third-order valence-corrected chi connectivity index (χ3v) is 4.49. The number of anilines is 1. The van der Waals surface area contributed by atoms with Crippen LogP contribution in [0.5, 0.6) is 0 Å². The predicted octanol–water partition coefficient (Wildman–Crippen LogP) is 1.60. The first-order valence-electron chi connectivity index (χ1n) is 7.45. The summed E-state index contributed by atoms with van der Waals surface area (Å²) in [7, 11) is 0. The van der Waals surface area contributed by atoms with E-state index in [1.807, 2.05) is 19.1 Å². The first-order valence-corrected chi connectivity index (χ1v) is 7.45. The van der Waals surface area contributed by atoms with Gasteiger partial charge >= 0.3 is 5.69 Å². The molecular formula is C15H18N4O2. The molecule has 3 heterocycles. The molecule has 1 aliphatic carbocycles. The first-order chi connectivity index (χ1) is 10.1. The van der Waals surface area contributed by atoms with Crippen LogP contribution in [0.2, 0.25) is 0 Å². The highest BCUT2D eigenvalue weighted by molar-refractivity contribution is 5.85. The van der Waals surface area contributed by atoms with Gasteiger partial charge in [-0.25, -0.2) is 9.78 Å². The standard InChI is InChI=1S/C15H18N4O2/c1-8-12(6-7-21-8)19-14-10(13(16)18-15(19)20)4-5-11(17-14)9-2-3-9/h4-5,8-9,12H,2-3,6-7H2,1H3,(H2,16,18,20)/t8-,12-/m0/s1. The van der Waals surface area contributed by atoms with Gasteiger partial charge in [-0.15, -0.1) is 0 Å². The SMILES string of the molecule is C[C@@H]1OCC[C@@H]1n1c(=O)nc(N)c2ccc(C3CC3)nc21. The second-order valence-corrected chi connectivity index (χ2v) is 5.96. The Bertz CT molecular complexity index is 766. The molecule has 2 atom stereocenters. The van der Waals surface area contributed by atoms with Crippen LogP contribution < -0.4 is 11.4 Å². The van der Waals surface area contributed by atoms with Crippen LogP contribution in [0, 0.1) is 0 Å². The molecule has 2 aromatic heterocycles. The zero-order valence-electron chi connectivity index (χ0n) is 12.0. The number of hydrogen-bond acceptors (Lipinski definition) is 5. The van der Waals surface area contributed by atoms with E-state index in [2.05, 4.69) is 4.98 Å². The molecule has 110 valence electrons. The minimum absolute atomic E-state index is 0.0114. The predicted molar refractivity (Wildman–Crippen MR) is 79.3 cm³/mol. The zero-order chi connectivity index (χ0) is 14.6. The summed E-state index contributed by atoms with van der Waals surface area (Å²) in [4.78, 5) is 21.0. The van der Waals surface area contributed by atoms with Gasteiger partial charge in [0.2, 0.25) is 0 Å². The van der Waals surface area contributed by atoms with Crippen molar-refractivity contribution in [3.63, 3.8) is 0 Å². The highest BCUT2D eigenvalue weighted by Gasteiger charge is 2.30. The number of nitrogen functional groups attached to an aromatic ring is 1. The number of hydrogen-bond donors (Lipinski definition) is 1. The number of ether oxygens (including phenoxy) is 1. The fourth-order valence-corrected chi connectivity index (χ4v) is 3.12. The monoisotopic (exact) mass is 286 g/mol. The molecule has 2 N–H and O–H groups in total. The van der Waals surface area contributed by atoms with Crippen LogP contribution in [0.4, 0.5) is 5.82 Å². The van der Waals surface area contributed by atoms with E-state index in [-0.39, 0.29) is 23.7 Å². The Kier molecular flexibility index (Phi) is 2.75. The van der Waals surface area contributed by atoms with Gasteiger partial charge in [0.15, 0.2) is 0 Å². The second-order valence-electron chi connectivity index (χ2n) is 5.96. The minimum Gasteiger partial charge on any atom is -0.383 e. The Hall–Kier alpha value is -1.95. The van der Waals surface area contributed by atoms with Gasteiger partial charge in [0.05, 0.1) is 17.5 Å². The highest BCUT2D eigenvalue weighted by atomic mass is 16.5. The molecule has 4 rings (SSSR count). The maximum absolute atomic E-state index is 12.4. The van der Waals surface area contributed by atoms with E-state index in [0.29, 0.717) is 18.2 Å². The lowest BCUT2D eigenvalue weighted by molar-refractivity contribution is 0.107. The molecule has 0 radical (unpaired) electrons. The lowest BCUT2D eigenvalue weighted by Gasteiger charge is -2.19. The number of rotatable bonds is 2. The van der Waals surface area contributed by atoms with Crippen LogP contribution in [-0.2, 0) is 4.74 Å². The Morgan fingerprint density at radius 2 is 2.10 bits per heavy atom. The fourth-order valence-electron chi connectivity index (χ4n) is 3.12. The summed E-state index contributed by atoms with van der Waals surface area (Å²) in [5.41, 5.74) is 7.28. The van der Waals surface area contributed by atoms with Gasteiger partial charge in [0.25, 0.3) is 0 Å². The van der Waals surface area contributed by atoms with Crippen LogP contribution in [0.25, 0.3) is 11.0 Å². The van der Waals surface area contributed by atoms with E-state index in [9.17, 15) is 4.79 Å². The molecule has 6 nitrogen and oxygen atoms in total. The van der Waals surface area contributed by atoms with Crippen LogP contribution in [0.1, 0.15) is 43.8 Å². The summed E-state index contributed by atoms with van der Waals surface area (Å²) < 4.78 is 7.27. The van der Waals surface area contributed by atoms with Gasteiger partial charge in [-0.1, -0.05) is 0 Å². The molecule has 0 amide bonds. The first kappa shape index (κ1) is 12.8. The molecule has 1 saturated heterocycles. The number of pyridine rings is 1. The fraction of sp³-hybridized carbons (Fsp3) is 0.533. The van der Waals surface area contributed by atoms with Crippen molar-refractivity contribution in [2.75, 3.05) is 12.3 Å². The number of nitrogens with two attached hydrogens (primary N) is 1.